The summed E-state index contributed by atoms with van der Waals surface area (Å²) in [5.41, 5.74) is 2.53. The summed E-state index contributed by atoms with van der Waals surface area (Å²) in [6.07, 6.45) is 4.45. The van der Waals surface area contributed by atoms with Gasteiger partial charge in [-0.15, -0.1) is 0 Å². The summed E-state index contributed by atoms with van der Waals surface area (Å²) in [5, 5.41) is 11.1. The highest BCUT2D eigenvalue weighted by molar-refractivity contribution is 6.03. The molecule has 6 nitrogen and oxygen atoms in total. The molecule has 3 aliphatic heterocycles. The van der Waals surface area contributed by atoms with E-state index >= 15 is 0 Å². The second kappa shape index (κ2) is 5.99. The zero-order valence-electron chi connectivity index (χ0n) is 15.1. The lowest BCUT2D eigenvalue weighted by Gasteiger charge is -2.42. The van der Waals surface area contributed by atoms with E-state index < -0.39 is 5.66 Å². The SMILES string of the molecule is CCC(=O)N1CCN2C(=O)C3=C(CN(O)C=C3)C12c1ccc(CC)cc1. The van der Waals surface area contributed by atoms with Crippen LogP contribution < -0.4 is 0 Å². The maximum atomic E-state index is 13.1. The molecule has 6 heteroatoms. The van der Waals surface area contributed by atoms with Crippen LogP contribution in [-0.4, -0.2) is 51.5 Å². The molecule has 1 saturated heterocycles. The summed E-state index contributed by atoms with van der Waals surface area (Å²) in [4.78, 5) is 29.5. The number of fused-ring (bicyclic) bond motifs is 2. The standard InChI is InChI=1S/C20H23N3O3/c1-3-14-5-7-15(8-6-14)20-17-13-21(26)10-9-16(17)19(25)23(20)12-11-22(20)18(24)4-2/h5-10,26H,3-4,11-13H2,1-2H3. The van der Waals surface area contributed by atoms with Gasteiger partial charge < -0.3 is 9.80 Å². The van der Waals surface area contributed by atoms with Crippen molar-refractivity contribution in [2.24, 2.45) is 0 Å². The van der Waals surface area contributed by atoms with Crippen LogP contribution in [0, 0.1) is 0 Å². The summed E-state index contributed by atoms with van der Waals surface area (Å²) >= 11 is 0. The average molecular weight is 353 g/mol. The number of rotatable bonds is 3. The number of hydrogen-bond donors (Lipinski definition) is 1. The van der Waals surface area contributed by atoms with Crippen molar-refractivity contribution in [1.82, 2.24) is 14.9 Å². The van der Waals surface area contributed by atoms with Crippen LogP contribution in [0.1, 0.15) is 31.4 Å². The van der Waals surface area contributed by atoms with Crippen molar-refractivity contribution in [3.63, 3.8) is 0 Å². The Hall–Kier alpha value is -2.60. The number of carbonyl (C=O) groups is 2. The Bertz CT molecular complexity index is 827. The van der Waals surface area contributed by atoms with Crippen molar-refractivity contribution in [3.8, 4) is 0 Å². The summed E-state index contributed by atoms with van der Waals surface area (Å²) in [5.74, 6) is -0.0667. The number of benzene rings is 1. The van der Waals surface area contributed by atoms with Crippen LogP contribution in [0.3, 0.4) is 0 Å². The van der Waals surface area contributed by atoms with Crippen molar-refractivity contribution < 1.29 is 14.8 Å². The van der Waals surface area contributed by atoms with Crippen LogP contribution in [0.5, 0.6) is 0 Å². The molecule has 1 N–H and O–H groups in total. The van der Waals surface area contributed by atoms with Crippen molar-refractivity contribution in [1.29, 1.82) is 0 Å². The Labute approximate surface area is 152 Å². The van der Waals surface area contributed by atoms with Gasteiger partial charge >= 0.3 is 0 Å². The first-order valence-electron chi connectivity index (χ1n) is 9.13. The Balaban J connectivity index is 1.95. The summed E-state index contributed by atoms with van der Waals surface area (Å²) in [6, 6.07) is 8.12. The van der Waals surface area contributed by atoms with Crippen molar-refractivity contribution in [2.75, 3.05) is 19.6 Å². The third-order valence-corrected chi connectivity index (χ3v) is 5.65. The topological polar surface area (TPSA) is 64.1 Å². The molecule has 0 saturated carbocycles. The molecule has 2 amide bonds. The fraction of sp³-hybridized carbons (Fsp3) is 0.400. The van der Waals surface area contributed by atoms with E-state index in [-0.39, 0.29) is 18.4 Å². The van der Waals surface area contributed by atoms with Gasteiger partial charge in [-0.2, -0.15) is 0 Å². The van der Waals surface area contributed by atoms with E-state index in [1.54, 1.807) is 15.9 Å². The van der Waals surface area contributed by atoms with E-state index in [9.17, 15) is 14.8 Å². The van der Waals surface area contributed by atoms with E-state index in [2.05, 4.69) is 6.92 Å². The van der Waals surface area contributed by atoms with E-state index in [0.717, 1.165) is 22.6 Å². The van der Waals surface area contributed by atoms with Crippen LogP contribution in [0.4, 0.5) is 0 Å². The fourth-order valence-electron chi connectivity index (χ4n) is 4.40. The van der Waals surface area contributed by atoms with E-state index in [1.165, 1.54) is 11.8 Å². The normalized spacial score (nSPS) is 24.4. The number of hydrogen-bond acceptors (Lipinski definition) is 4. The van der Waals surface area contributed by atoms with Gasteiger partial charge in [-0.1, -0.05) is 38.1 Å². The molecule has 1 aromatic carbocycles. The third-order valence-electron chi connectivity index (χ3n) is 5.65. The van der Waals surface area contributed by atoms with Gasteiger partial charge in [0.05, 0.1) is 6.54 Å². The molecular formula is C20H23N3O3. The molecule has 136 valence electrons. The van der Waals surface area contributed by atoms with Crippen LogP contribution in [0.15, 0.2) is 47.7 Å². The Morgan fingerprint density at radius 1 is 1.19 bits per heavy atom. The molecular weight excluding hydrogens is 330 g/mol. The lowest BCUT2D eigenvalue weighted by Crippen LogP contribution is -2.53. The maximum Gasteiger partial charge on any atom is 0.256 e. The smallest absolute Gasteiger partial charge is 0.256 e. The molecule has 1 aromatic rings. The number of aryl methyl sites for hydroxylation is 1. The van der Waals surface area contributed by atoms with Gasteiger partial charge in [0, 0.05) is 42.4 Å². The third kappa shape index (κ3) is 2.08. The Morgan fingerprint density at radius 2 is 1.92 bits per heavy atom. The number of hydroxylamine groups is 2. The molecule has 0 radical (unpaired) electrons. The first-order chi connectivity index (χ1) is 12.5. The zero-order valence-corrected chi connectivity index (χ0v) is 15.1. The van der Waals surface area contributed by atoms with Gasteiger partial charge in [-0.25, -0.2) is 0 Å². The first-order valence-corrected chi connectivity index (χ1v) is 9.13. The van der Waals surface area contributed by atoms with Crippen LogP contribution >= 0.6 is 0 Å². The lowest BCUT2D eigenvalue weighted by atomic mass is 9.87. The van der Waals surface area contributed by atoms with Crippen molar-refractivity contribution in [2.45, 2.75) is 32.4 Å². The Kier molecular flexibility index (Phi) is 3.88. The van der Waals surface area contributed by atoms with Gasteiger partial charge in [0.15, 0.2) is 5.66 Å². The summed E-state index contributed by atoms with van der Waals surface area (Å²) < 4.78 is 0. The number of amides is 2. The fourth-order valence-corrected chi connectivity index (χ4v) is 4.40. The predicted molar refractivity (Wildman–Crippen MR) is 95.9 cm³/mol. The number of carbonyl (C=O) groups excluding carboxylic acids is 2. The minimum Gasteiger partial charge on any atom is -0.310 e. The molecule has 1 fully saturated rings. The molecule has 0 aromatic heterocycles. The summed E-state index contributed by atoms with van der Waals surface area (Å²) in [7, 11) is 0. The molecule has 1 unspecified atom stereocenters. The van der Waals surface area contributed by atoms with Gasteiger partial charge in [0.2, 0.25) is 5.91 Å². The lowest BCUT2D eigenvalue weighted by molar-refractivity contribution is -0.141. The second-order valence-corrected chi connectivity index (χ2v) is 6.88. The van der Waals surface area contributed by atoms with Crippen LogP contribution in [0.2, 0.25) is 0 Å². The quantitative estimate of drug-likeness (QED) is 0.903. The van der Waals surface area contributed by atoms with E-state index in [4.69, 9.17) is 0 Å². The Morgan fingerprint density at radius 3 is 2.58 bits per heavy atom. The van der Waals surface area contributed by atoms with Gasteiger partial charge in [-0.05, 0) is 18.1 Å². The van der Waals surface area contributed by atoms with E-state index in [1.807, 2.05) is 31.2 Å². The number of nitrogens with zero attached hydrogens (tertiary/aromatic N) is 3. The monoisotopic (exact) mass is 353 g/mol. The molecule has 3 heterocycles. The molecule has 26 heavy (non-hydrogen) atoms. The van der Waals surface area contributed by atoms with Gasteiger partial charge in [-0.3, -0.25) is 19.9 Å². The van der Waals surface area contributed by atoms with Gasteiger partial charge in [0.1, 0.15) is 0 Å². The van der Waals surface area contributed by atoms with Crippen LogP contribution in [0.25, 0.3) is 0 Å². The highest BCUT2D eigenvalue weighted by Gasteiger charge is 2.60. The largest absolute Gasteiger partial charge is 0.310 e. The predicted octanol–water partition coefficient (Wildman–Crippen LogP) is 2.01. The minimum absolute atomic E-state index is 0.00709. The van der Waals surface area contributed by atoms with Crippen molar-refractivity contribution >= 4 is 11.8 Å². The molecule has 1 atom stereocenters. The summed E-state index contributed by atoms with van der Waals surface area (Å²) in [6.45, 7) is 5.13. The van der Waals surface area contributed by atoms with E-state index in [0.29, 0.717) is 25.1 Å². The zero-order chi connectivity index (χ0) is 18.5. The molecule has 0 bridgehead atoms. The highest BCUT2D eigenvalue weighted by Crippen LogP contribution is 2.50. The maximum absolute atomic E-state index is 13.1. The molecule has 4 rings (SSSR count). The second-order valence-electron chi connectivity index (χ2n) is 6.88. The van der Waals surface area contributed by atoms with Gasteiger partial charge in [0.25, 0.3) is 5.91 Å². The molecule has 0 aliphatic carbocycles. The molecule has 0 spiro atoms. The van der Waals surface area contributed by atoms with Crippen molar-refractivity contribution in [3.05, 3.63) is 58.8 Å². The molecule has 3 aliphatic rings. The average Bonchev–Trinajstić information content (AvgIpc) is 3.17. The highest BCUT2D eigenvalue weighted by atomic mass is 16.5. The van der Waals surface area contributed by atoms with Crippen LogP contribution in [-0.2, 0) is 21.7 Å². The minimum atomic E-state index is -0.933. The first kappa shape index (κ1) is 16.8.